The minimum Gasteiger partial charge on any atom is -0.481 e. The maximum atomic E-state index is 12.5. The van der Waals surface area contributed by atoms with Crippen LogP contribution in [0.2, 0.25) is 0 Å². The predicted octanol–water partition coefficient (Wildman–Crippen LogP) is 2.61. The molecule has 1 aromatic carbocycles. The maximum absolute atomic E-state index is 12.5. The molecular weight excluding hydrogens is 394 g/mol. The molecule has 3 rings (SSSR count). The van der Waals surface area contributed by atoms with E-state index < -0.39 is 16.1 Å². The zero-order valence-corrected chi connectivity index (χ0v) is 16.3. The van der Waals surface area contributed by atoms with E-state index in [0.717, 1.165) is 5.56 Å². The molecule has 0 fully saturated rings. The average Bonchev–Trinajstić information content (AvgIpc) is 2.74. The van der Waals surface area contributed by atoms with Gasteiger partial charge in [0.25, 0.3) is 10.0 Å². The van der Waals surface area contributed by atoms with Gasteiger partial charge in [0, 0.05) is 30.7 Å². The topological polar surface area (TPSA) is 122 Å². The molecule has 0 saturated carbocycles. The molecule has 0 unspecified atom stereocenters. The van der Waals surface area contributed by atoms with Gasteiger partial charge in [-0.25, -0.2) is 18.2 Å². The second-order valence-electron chi connectivity index (χ2n) is 5.89. The number of methoxy groups -OCH3 is 1. The van der Waals surface area contributed by atoms with Crippen LogP contribution < -0.4 is 20.1 Å². The molecule has 3 N–H and O–H groups in total. The Hall–Kier alpha value is -3.66. The largest absolute Gasteiger partial charge is 0.481 e. The molecule has 29 heavy (non-hydrogen) atoms. The molecular formula is C19H19N5O4S. The number of urea groups is 1. The third kappa shape index (κ3) is 5.66. The number of amides is 2. The number of nitrogens with one attached hydrogen (secondary N) is 3. The Bertz CT molecular complexity index is 1060. The van der Waals surface area contributed by atoms with Gasteiger partial charge < -0.3 is 15.4 Å². The number of ether oxygens (including phenoxy) is 1. The first-order valence-corrected chi connectivity index (χ1v) is 10.0. The first kappa shape index (κ1) is 20.1. The van der Waals surface area contributed by atoms with Crippen molar-refractivity contribution in [3.63, 3.8) is 0 Å². The molecule has 0 aliphatic rings. The summed E-state index contributed by atoms with van der Waals surface area (Å²) >= 11 is 0. The average molecular weight is 413 g/mol. The van der Waals surface area contributed by atoms with Crippen LogP contribution in [0.5, 0.6) is 5.88 Å². The van der Waals surface area contributed by atoms with Gasteiger partial charge in [-0.15, -0.1) is 0 Å². The number of rotatable bonds is 7. The van der Waals surface area contributed by atoms with Crippen LogP contribution in [-0.2, 0) is 16.6 Å². The van der Waals surface area contributed by atoms with Crippen LogP contribution in [0.3, 0.4) is 0 Å². The van der Waals surface area contributed by atoms with E-state index in [9.17, 15) is 13.2 Å². The molecule has 0 radical (unpaired) electrons. The van der Waals surface area contributed by atoms with Crippen LogP contribution in [0.1, 0.15) is 5.56 Å². The monoisotopic (exact) mass is 413 g/mol. The number of hydrogen-bond acceptors (Lipinski definition) is 6. The molecule has 0 saturated heterocycles. The van der Waals surface area contributed by atoms with Gasteiger partial charge in [-0.3, -0.25) is 9.71 Å². The summed E-state index contributed by atoms with van der Waals surface area (Å²) in [5.41, 5.74) is 1.63. The van der Waals surface area contributed by atoms with Crippen molar-refractivity contribution in [3.8, 4) is 5.88 Å². The summed E-state index contributed by atoms with van der Waals surface area (Å²) in [6.45, 7) is 0.325. The number of anilines is 2. The molecule has 2 amide bonds. The van der Waals surface area contributed by atoms with Gasteiger partial charge in [0.15, 0.2) is 0 Å². The third-order valence-electron chi connectivity index (χ3n) is 3.80. The highest BCUT2D eigenvalue weighted by atomic mass is 32.2. The maximum Gasteiger partial charge on any atom is 0.319 e. The summed E-state index contributed by atoms with van der Waals surface area (Å²) in [5.74, 6) is 0.380. The lowest BCUT2D eigenvalue weighted by atomic mass is 10.3. The van der Waals surface area contributed by atoms with Crippen LogP contribution in [-0.4, -0.2) is 31.5 Å². The van der Waals surface area contributed by atoms with Crippen LogP contribution in [0.15, 0.2) is 72.0 Å². The van der Waals surface area contributed by atoms with E-state index >= 15 is 0 Å². The summed E-state index contributed by atoms with van der Waals surface area (Å²) in [6, 6.07) is 12.1. The highest BCUT2D eigenvalue weighted by Gasteiger charge is 2.14. The van der Waals surface area contributed by atoms with Gasteiger partial charge in [-0.2, -0.15) is 0 Å². The number of hydrogen-bond donors (Lipinski definition) is 3. The van der Waals surface area contributed by atoms with Gasteiger partial charge >= 0.3 is 6.03 Å². The smallest absolute Gasteiger partial charge is 0.319 e. The molecule has 0 aliphatic heterocycles. The fourth-order valence-electron chi connectivity index (χ4n) is 2.35. The molecule has 150 valence electrons. The zero-order chi connectivity index (χ0) is 20.7. The van der Waals surface area contributed by atoms with E-state index in [-0.39, 0.29) is 4.90 Å². The Balaban J connectivity index is 1.58. The van der Waals surface area contributed by atoms with Crippen LogP contribution >= 0.6 is 0 Å². The van der Waals surface area contributed by atoms with E-state index in [1.807, 2.05) is 6.07 Å². The summed E-state index contributed by atoms with van der Waals surface area (Å²) in [4.78, 5) is 19.9. The lowest BCUT2D eigenvalue weighted by Gasteiger charge is -2.10. The quantitative estimate of drug-likeness (QED) is 0.547. The van der Waals surface area contributed by atoms with E-state index in [1.54, 1.807) is 30.6 Å². The molecule has 0 atom stereocenters. The zero-order valence-electron chi connectivity index (χ0n) is 15.5. The molecule has 0 aliphatic carbocycles. The van der Waals surface area contributed by atoms with Gasteiger partial charge in [0.05, 0.1) is 23.9 Å². The Morgan fingerprint density at radius 2 is 1.79 bits per heavy atom. The third-order valence-corrected chi connectivity index (χ3v) is 5.19. The van der Waals surface area contributed by atoms with Crippen molar-refractivity contribution in [3.05, 3.63) is 72.7 Å². The molecule has 0 spiro atoms. The molecule has 3 aromatic rings. The second-order valence-corrected chi connectivity index (χ2v) is 7.57. The molecule has 9 nitrogen and oxygen atoms in total. The van der Waals surface area contributed by atoms with Gasteiger partial charge in [-0.1, -0.05) is 6.07 Å². The number of nitrogens with zero attached hydrogens (tertiary/aromatic N) is 2. The fraction of sp³-hybridized carbons (Fsp3) is 0.105. The number of pyridine rings is 2. The number of aromatic nitrogens is 2. The molecule has 2 aromatic heterocycles. The number of sulfonamides is 1. The Kier molecular flexibility index (Phi) is 6.25. The highest BCUT2D eigenvalue weighted by molar-refractivity contribution is 7.92. The minimum atomic E-state index is -3.79. The number of carbonyl (C=O) groups is 1. The Labute approximate surface area is 168 Å². The standard InChI is InChI=1S/C19H19N5O4S/c1-28-18-9-6-16(13-21-18)24-29(26,27)17-7-4-15(5-8-17)23-19(25)22-12-14-3-2-10-20-11-14/h2-11,13,24H,12H2,1H3,(H2,22,23,25). The number of benzene rings is 1. The van der Waals surface area contributed by atoms with Gasteiger partial charge in [0.1, 0.15) is 0 Å². The SMILES string of the molecule is COc1ccc(NS(=O)(=O)c2ccc(NC(=O)NCc3cccnc3)cc2)cn1. The van der Waals surface area contributed by atoms with Crippen molar-refractivity contribution in [1.82, 2.24) is 15.3 Å². The van der Waals surface area contributed by atoms with E-state index in [0.29, 0.717) is 23.8 Å². The van der Waals surface area contributed by atoms with Crippen LogP contribution in [0.25, 0.3) is 0 Å². The first-order valence-electron chi connectivity index (χ1n) is 8.53. The number of carbonyl (C=O) groups excluding carboxylic acids is 1. The second kappa shape index (κ2) is 9.02. The summed E-state index contributed by atoms with van der Waals surface area (Å²) < 4.78 is 32.3. The Morgan fingerprint density at radius 1 is 1.03 bits per heavy atom. The van der Waals surface area contributed by atoms with E-state index in [4.69, 9.17) is 4.74 Å². The first-order chi connectivity index (χ1) is 14.0. The predicted molar refractivity (Wildman–Crippen MR) is 108 cm³/mol. The Morgan fingerprint density at radius 3 is 2.41 bits per heavy atom. The lowest BCUT2D eigenvalue weighted by molar-refractivity contribution is 0.251. The minimum absolute atomic E-state index is 0.0506. The summed E-state index contributed by atoms with van der Waals surface area (Å²) in [6.07, 6.45) is 4.67. The molecule has 10 heteroatoms. The lowest BCUT2D eigenvalue weighted by Crippen LogP contribution is -2.28. The van der Waals surface area contributed by atoms with Crippen LogP contribution in [0, 0.1) is 0 Å². The summed E-state index contributed by atoms with van der Waals surface area (Å²) in [5, 5.41) is 5.34. The van der Waals surface area contributed by atoms with Crippen molar-refractivity contribution in [2.24, 2.45) is 0 Å². The van der Waals surface area contributed by atoms with Gasteiger partial charge in [-0.05, 0) is 42.0 Å². The molecule has 0 bridgehead atoms. The van der Waals surface area contributed by atoms with Crippen LogP contribution in [0.4, 0.5) is 16.2 Å². The van der Waals surface area contributed by atoms with Crippen molar-refractivity contribution in [1.29, 1.82) is 0 Å². The normalized spacial score (nSPS) is 10.8. The van der Waals surface area contributed by atoms with Gasteiger partial charge in [0.2, 0.25) is 5.88 Å². The van der Waals surface area contributed by atoms with Crippen molar-refractivity contribution >= 4 is 27.4 Å². The van der Waals surface area contributed by atoms with Crippen molar-refractivity contribution in [2.75, 3.05) is 17.1 Å². The molecule has 2 heterocycles. The fourth-order valence-corrected chi connectivity index (χ4v) is 3.40. The van der Waals surface area contributed by atoms with E-state index in [1.165, 1.54) is 37.6 Å². The van der Waals surface area contributed by atoms with Crippen molar-refractivity contribution in [2.45, 2.75) is 11.4 Å². The van der Waals surface area contributed by atoms with E-state index in [2.05, 4.69) is 25.3 Å². The van der Waals surface area contributed by atoms with Crippen molar-refractivity contribution < 1.29 is 17.9 Å². The summed E-state index contributed by atoms with van der Waals surface area (Å²) in [7, 11) is -2.32. The highest BCUT2D eigenvalue weighted by Crippen LogP contribution is 2.19.